The van der Waals surface area contributed by atoms with E-state index in [1.165, 1.54) is 11.0 Å². The fourth-order valence-electron chi connectivity index (χ4n) is 2.53. The fraction of sp³-hybridized carbons (Fsp3) is 0.400. The van der Waals surface area contributed by atoms with Crippen LogP contribution >= 0.6 is 0 Å². The van der Waals surface area contributed by atoms with Crippen molar-refractivity contribution in [3.63, 3.8) is 0 Å². The van der Waals surface area contributed by atoms with Gasteiger partial charge in [-0.3, -0.25) is 4.79 Å². The van der Waals surface area contributed by atoms with Gasteiger partial charge < -0.3 is 19.8 Å². The highest BCUT2D eigenvalue weighted by Gasteiger charge is 2.31. The molecule has 1 amide bonds. The van der Waals surface area contributed by atoms with E-state index in [9.17, 15) is 15.0 Å². The molecule has 106 valence electrons. The molecule has 0 spiro atoms. The zero-order valence-corrected chi connectivity index (χ0v) is 11.0. The van der Waals surface area contributed by atoms with Crippen molar-refractivity contribution in [2.24, 2.45) is 0 Å². The highest BCUT2D eigenvalue weighted by molar-refractivity contribution is 5.92. The molecule has 2 aliphatic heterocycles. The van der Waals surface area contributed by atoms with Crippen molar-refractivity contribution >= 4 is 12.0 Å². The zero-order valence-electron chi connectivity index (χ0n) is 11.0. The van der Waals surface area contributed by atoms with Gasteiger partial charge in [0.1, 0.15) is 5.75 Å². The van der Waals surface area contributed by atoms with E-state index in [4.69, 9.17) is 4.74 Å². The molecule has 1 fully saturated rings. The Morgan fingerprint density at radius 1 is 1.30 bits per heavy atom. The lowest BCUT2D eigenvalue weighted by Gasteiger charge is -2.12. The summed E-state index contributed by atoms with van der Waals surface area (Å²) >= 11 is 0. The standard InChI is InChI=1S/C15H17NO4/c17-12-8-16(9-13(12)18)15(19)4-2-10-1-3-14-11(7-10)5-6-20-14/h1-4,7,12-13,17-18H,5-6,8-9H2/t12-,13+. The van der Waals surface area contributed by atoms with Crippen molar-refractivity contribution < 1.29 is 19.7 Å². The van der Waals surface area contributed by atoms with Crippen molar-refractivity contribution in [1.29, 1.82) is 0 Å². The molecule has 0 aliphatic carbocycles. The molecule has 0 radical (unpaired) electrons. The first kappa shape index (κ1) is 13.1. The number of nitrogens with zero attached hydrogens (tertiary/aromatic N) is 1. The van der Waals surface area contributed by atoms with Gasteiger partial charge >= 0.3 is 0 Å². The van der Waals surface area contributed by atoms with Gasteiger partial charge in [0.15, 0.2) is 0 Å². The summed E-state index contributed by atoms with van der Waals surface area (Å²) in [6, 6.07) is 5.83. The predicted molar refractivity (Wildman–Crippen MR) is 73.3 cm³/mol. The number of hydrogen-bond donors (Lipinski definition) is 2. The molecule has 2 aliphatic rings. The summed E-state index contributed by atoms with van der Waals surface area (Å²) in [5.74, 6) is 0.719. The predicted octanol–water partition coefficient (Wildman–Crippen LogP) is 0.199. The van der Waals surface area contributed by atoms with E-state index < -0.39 is 12.2 Å². The lowest BCUT2D eigenvalue weighted by molar-refractivity contribution is -0.125. The third-order valence-corrected chi connectivity index (χ3v) is 3.70. The number of carbonyl (C=O) groups is 1. The molecular formula is C15H17NO4. The Bertz CT molecular complexity index is 545. The summed E-state index contributed by atoms with van der Waals surface area (Å²) in [4.78, 5) is 13.4. The molecule has 1 saturated heterocycles. The molecule has 1 aromatic rings. The van der Waals surface area contributed by atoms with E-state index in [-0.39, 0.29) is 19.0 Å². The van der Waals surface area contributed by atoms with Gasteiger partial charge in [-0.1, -0.05) is 6.07 Å². The summed E-state index contributed by atoms with van der Waals surface area (Å²) in [6.07, 6.45) is 2.43. The lowest BCUT2D eigenvalue weighted by Crippen LogP contribution is -2.27. The number of ether oxygens (including phenoxy) is 1. The van der Waals surface area contributed by atoms with Crippen molar-refractivity contribution in [2.75, 3.05) is 19.7 Å². The van der Waals surface area contributed by atoms with E-state index in [2.05, 4.69) is 0 Å². The topological polar surface area (TPSA) is 70.0 Å². The Labute approximate surface area is 117 Å². The van der Waals surface area contributed by atoms with Crippen molar-refractivity contribution in [3.8, 4) is 5.75 Å². The van der Waals surface area contributed by atoms with Gasteiger partial charge in [-0.2, -0.15) is 0 Å². The Morgan fingerprint density at radius 2 is 2.05 bits per heavy atom. The monoisotopic (exact) mass is 275 g/mol. The number of aliphatic hydroxyl groups is 2. The van der Waals surface area contributed by atoms with Crippen LogP contribution in [0.5, 0.6) is 5.75 Å². The smallest absolute Gasteiger partial charge is 0.246 e. The maximum Gasteiger partial charge on any atom is 0.246 e. The number of fused-ring (bicyclic) bond motifs is 1. The van der Waals surface area contributed by atoms with Gasteiger partial charge in [0.25, 0.3) is 0 Å². The summed E-state index contributed by atoms with van der Waals surface area (Å²) in [5.41, 5.74) is 2.11. The molecule has 0 aromatic heterocycles. The molecule has 5 nitrogen and oxygen atoms in total. The van der Waals surface area contributed by atoms with Crippen LogP contribution in [0.2, 0.25) is 0 Å². The highest BCUT2D eigenvalue weighted by Crippen LogP contribution is 2.26. The number of carbonyl (C=O) groups excluding carboxylic acids is 1. The second-order valence-electron chi connectivity index (χ2n) is 5.18. The maximum atomic E-state index is 11.9. The van der Waals surface area contributed by atoms with Crippen LogP contribution in [-0.2, 0) is 11.2 Å². The van der Waals surface area contributed by atoms with Gasteiger partial charge in [0, 0.05) is 25.6 Å². The van der Waals surface area contributed by atoms with Gasteiger partial charge in [0.2, 0.25) is 5.91 Å². The van der Waals surface area contributed by atoms with Gasteiger partial charge in [-0.05, 0) is 29.3 Å². The molecule has 0 unspecified atom stereocenters. The van der Waals surface area contributed by atoms with Crippen LogP contribution in [0.1, 0.15) is 11.1 Å². The molecular weight excluding hydrogens is 258 g/mol. The van der Waals surface area contributed by atoms with Crippen LogP contribution in [0.15, 0.2) is 24.3 Å². The number of benzene rings is 1. The number of aliphatic hydroxyl groups excluding tert-OH is 2. The number of likely N-dealkylation sites (tertiary alicyclic amines) is 1. The molecule has 1 aromatic carbocycles. The minimum atomic E-state index is -0.843. The summed E-state index contributed by atoms with van der Waals surface area (Å²) in [7, 11) is 0. The Kier molecular flexibility index (Phi) is 3.46. The first-order valence-electron chi connectivity index (χ1n) is 6.72. The Hall–Kier alpha value is -1.85. The Morgan fingerprint density at radius 3 is 2.80 bits per heavy atom. The number of β-amino-alcohol motifs (C(OH)–C–C–N with tert-alkyl or cyclic N) is 2. The minimum absolute atomic E-state index is 0.183. The van der Waals surface area contributed by atoms with Crippen molar-refractivity contribution in [1.82, 2.24) is 4.90 Å². The van der Waals surface area contributed by atoms with Gasteiger partial charge in [-0.25, -0.2) is 0 Å². The Balaban J connectivity index is 1.67. The molecule has 0 saturated carbocycles. The quantitative estimate of drug-likeness (QED) is 0.756. The minimum Gasteiger partial charge on any atom is -0.493 e. The number of amides is 1. The number of hydrogen-bond acceptors (Lipinski definition) is 4. The molecule has 0 bridgehead atoms. The molecule has 20 heavy (non-hydrogen) atoms. The van der Waals surface area contributed by atoms with Crippen LogP contribution in [0.25, 0.3) is 6.08 Å². The van der Waals surface area contributed by atoms with E-state index in [1.807, 2.05) is 18.2 Å². The largest absolute Gasteiger partial charge is 0.493 e. The third kappa shape index (κ3) is 2.55. The average molecular weight is 275 g/mol. The molecule has 2 atom stereocenters. The van der Waals surface area contributed by atoms with Crippen molar-refractivity contribution in [3.05, 3.63) is 35.4 Å². The highest BCUT2D eigenvalue weighted by atomic mass is 16.5. The normalized spacial score (nSPS) is 25.0. The van der Waals surface area contributed by atoms with Gasteiger partial charge in [0.05, 0.1) is 18.8 Å². The van der Waals surface area contributed by atoms with Crippen LogP contribution in [0.3, 0.4) is 0 Å². The second-order valence-corrected chi connectivity index (χ2v) is 5.18. The second kappa shape index (κ2) is 5.26. The molecule has 2 heterocycles. The van der Waals surface area contributed by atoms with Crippen molar-refractivity contribution in [2.45, 2.75) is 18.6 Å². The van der Waals surface area contributed by atoms with Crippen LogP contribution in [-0.4, -0.2) is 52.9 Å². The maximum absolute atomic E-state index is 11.9. The third-order valence-electron chi connectivity index (χ3n) is 3.70. The fourth-order valence-corrected chi connectivity index (χ4v) is 2.53. The first-order valence-corrected chi connectivity index (χ1v) is 6.72. The van der Waals surface area contributed by atoms with Crippen LogP contribution in [0.4, 0.5) is 0 Å². The first-order chi connectivity index (χ1) is 9.63. The van der Waals surface area contributed by atoms with E-state index in [1.54, 1.807) is 6.08 Å². The molecule has 2 N–H and O–H groups in total. The van der Waals surface area contributed by atoms with Crippen LogP contribution < -0.4 is 4.74 Å². The van der Waals surface area contributed by atoms with E-state index in [0.29, 0.717) is 6.61 Å². The summed E-state index contributed by atoms with van der Waals surface area (Å²) in [5, 5.41) is 18.9. The van der Waals surface area contributed by atoms with Gasteiger partial charge in [-0.15, -0.1) is 0 Å². The van der Waals surface area contributed by atoms with E-state index in [0.717, 1.165) is 23.3 Å². The summed E-state index contributed by atoms with van der Waals surface area (Å²) in [6.45, 7) is 1.08. The van der Waals surface area contributed by atoms with Crippen LogP contribution in [0, 0.1) is 0 Å². The summed E-state index contributed by atoms with van der Waals surface area (Å²) < 4.78 is 5.43. The molecule has 3 rings (SSSR count). The van der Waals surface area contributed by atoms with E-state index >= 15 is 0 Å². The molecule has 5 heteroatoms. The zero-order chi connectivity index (χ0) is 14.1. The SMILES string of the molecule is O=C(C=Cc1ccc2c(c1)CCO2)N1C[C@@H](O)[C@@H](O)C1. The average Bonchev–Trinajstić information content (AvgIpc) is 3.03. The number of rotatable bonds is 2. The lowest BCUT2D eigenvalue weighted by atomic mass is 10.1.